The molecule has 0 atom stereocenters. The van der Waals surface area contributed by atoms with Crippen LogP contribution in [0, 0.1) is 0 Å². The van der Waals surface area contributed by atoms with Crippen LogP contribution in [0.25, 0.3) is 0 Å². The van der Waals surface area contributed by atoms with Crippen LogP contribution in [0.3, 0.4) is 0 Å². The topological polar surface area (TPSA) is 94.5 Å². The number of hydrogen-bond donors (Lipinski definition) is 2. The van der Waals surface area contributed by atoms with Gasteiger partial charge in [-0.2, -0.15) is 0 Å². The van der Waals surface area contributed by atoms with Crippen molar-refractivity contribution >= 4 is 18.6 Å². The Morgan fingerprint density at radius 3 is 2.10 bits per heavy atom. The lowest BCUT2D eigenvalue weighted by Crippen LogP contribution is -2.35. The van der Waals surface area contributed by atoms with E-state index in [9.17, 15) is 14.8 Å². The fraction of sp³-hybridized carbons (Fsp3) is 0.381. The summed E-state index contributed by atoms with van der Waals surface area (Å²) in [5.41, 5.74) is -0.332. The molecule has 7 nitrogen and oxygen atoms in total. The van der Waals surface area contributed by atoms with E-state index in [0.717, 1.165) is 5.75 Å². The molecule has 2 aromatic carbocycles. The van der Waals surface area contributed by atoms with Gasteiger partial charge >= 0.3 is 13.1 Å². The van der Waals surface area contributed by atoms with Crippen molar-refractivity contribution in [1.29, 1.82) is 0 Å². The molecule has 2 aromatic rings. The van der Waals surface area contributed by atoms with E-state index in [1.54, 1.807) is 26.0 Å². The van der Waals surface area contributed by atoms with Gasteiger partial charge in [0.2, 0.25) is 0 Å². The fourth-order valence-electron chi connectivity index (χ4n) is 2.78. The summed E-state index contributed by atoms with van der Waals surface area (Å²) in [4.78, 5) is 12.7. The molecule has 0 bridgehead atoms. The van der Waals surface area contributed by atoms with E-state index >= 15 is 0 Å². The molecule has 0 aliphatic rings. The molecule has 0 aliphatic carbocycles. The van der Waals surface area contributed by atoms with Crippen molar-refractivity contribution in [1.82, 2.24) is 0 Å². The van der Waals surface area contributed by atoms with Crippen molar-refractivity contribution < 1.29 is 33.8 Å². The van der Waals surface area contributed by atoms with E-state index in [1.807, 2.05) is 30.3 Å². The summed E-state index contributed by atoms with van der Waals surface area (Å²) >= 11 is 0. The predicted octanol–water partition coefficient (Wildman–Crippen LogP) is 1.67. The highest BCUT2D eigenvalue weighted by molar-refractivity contribution is 6.61. The number of esters is 1. The highest BCUT2D eigenvalue weighted by Crippen LogP contribution is 2.31. The van der Waals surface area contributed by atoms with Crippen LogP contribution in [0.15, 0.2) is 42.5 Å². The Kier molecular flexibility index (Phi) is 7.93. The second kappa shape index (κ2) is 10.2. The monoisotopic (exact) mass is 402 g/mol. The van der Waals surface area contributed by atoms with Gasteiger partial charge in [-0.1, -0.05) is 18.2 Å². The molecule has 2 N–H and O–H groups in total. The molecule has 0 saturated heterocycles. The van der Waals surface area contributed by atoms with E-state index in [0.29, 0.717) is 18.6 Å². The molecule has 156 valence electrons. The van der Waals surface area contributed by atoms with Gasteiger partial charge in [0.05, 0.1) is 38.3 Å². The average molecular weight is 402 g/mol. The SMILES string of the molecule is COc1cc(C(C)(C)C(=O)OCCCOc2ccccc2)cc(OC)c1B(O)O. The smallest absolute Gasteiger partial charge is 0.496 e. The molecule has 0 aromatic heterocycles. The van der Waals surface area contributed by atoms with Crippen molar-refractivity contribution in [2.45, 2.75) is 25.7 Å². The van der Waals surface area contributed by atoms with Crippen molar-refractivity contribution in [3.8, 4) is 17.2 Å². The molecule has 0 amide bonds. The number of hydrogen-bond acceptors (Lipinski definition) is 7. The first-order chi connectivity index (χ1) is 13.8. The maximum Gasteiger partial charge on any atom is 0.496 e. The molecule has 29 heavy (non-hydrogen) atoms. The quantitative estimate of drug-likeness (QED) is 0.355. The van der Waals surface area contributed by atoms with Crippen LogP contribution < -0.4 is 19.7 Å². The maximum atomic E-state index is 12.7. The number of carbonyl (C=O) groups is 1. The van der Waals surface area contributed by atoms with Gasteiger partial charge in [-0.3, -0.25) is 4.79 Å². The molecule has 0 unspecified atom stereocenters. The Hall–Kier alpha value is -2.71. The van der Waals surface area contributed by atoms with Gasteiger partial charge in [0.25, 0.3) is 0 Å². The molecule has 0 heterocycles. The summed E-state index contributed by atoms with van der Waals surface area (Å²) in [7, 11) is 1.04. The number of rotatable bonds is 10. The molecule has 0 saturated carbocycles. The van der Waals surface area contributed by atoms with Crippen LogP contribution >= 0.6 is 0 Å². The number of para-hydroxylation sites is 1. The Labute approximate surface area is 171 Å². The van der Waals surface area contributed by atoms with Gasteiger partial charge in [0.1, 0.15) is 17.2 Å². The van der Waals surface area contributed by atoms with Gasteiger partial charge in [0, 0.05) is 6.42 Å². The van der Waals surface area contributed by atoms with Crippen molar-refractivity contribution in [2.75, 3.05) is 27.4 Å². The predicted molar refractivity (Wildman–Crippen MR) is 110 cm³/mol. The van der Waals surface area contributed by atoms with Crippen LogP contribution in [0.4, 0.5) is 0 Å². The second-order valence-electron chi connectivity index (χ2n) is 6.94. The minimum absolute atomic E-state index is 0.0981. The van der Waals surface area contributed by atoms with Gasteiger partial charge in [-0.25, -0.2) is 0 Å². The number of ether oxygens (including phenoxy) is 4. The van der Waals surface area contributed by atoms with E-state index in [2.05, 4.69) is 0 Å². The Morgan fingerprint density at radius 2 is 1.59 bits per heavy atom. The lowest BCUT2D eigenvalue weighted by Gasteiger charge is -2.25. The average Bonchev–Trinajstić information content (AvgIpc) is 2.72. The lowest BCUT2D eigenvalue weighted by atomic mass is 9.75. The van der Waals surface area contributed by atoms with Crippen molar-refractivity contribution in [3.63, 3.8) is 0 Å². The van der Waals surface area contributed by atoms with Gasteiger partial charge in [0.15, 0.2) is 0 Å². The molecule has 0 aliphatic heterocycles. The lowest BCUT2D eigenvalue weighted by molar-refractivity contribution is -0.149. The summed E-state index contributed by atoms with van der Waals surface area (Å²) in [5.74, 6) is 0.779. The standard InChI is InChI=1S/C21H27BO7/c1-21(2,15-13-17(26-3)19(22(24)25)18(14-15)27-4)20(23)29-12-8-11-28-16-9-6-5-7-10-16/h5-7,9-10,13-14,24-25H,8,11-12H2,1-4H3. The summed E-state index contributed by atoms with van der Waals surface area (Å²) < 4.78 is 21.5. The molecule has 2 rings (SSSR count). The first-order valence-corrected chi connectivity index (χ1v) is 9.28. The third-order valence-electron chi connectivity index (χ3n) is 4.57. The molecular formula is C21H27BO7. The van der Waals surface area contributed by atoms with Crippen LogP contribution in [-0.4, -0.2) is 50.6 Å². The molecule has 0 spiro atoms. The van der Waals surface area contributed by atoms with Crippen molar-refractivity contribution in [2.24, 2.45) is 0 Å². The largest absolute Gasteiger partial charge is 0.497 e. The highest BCUT2D eigenvalue weighted by Gasteiger charge is 2.34. The van der Waals surface area contributed by atoms with Crippen LogP contribution in [0.1, 0.15) is 25.8 Å². The molecule has 8 heteroatoms. The Balaban J connectivity index is 2.02. The fourth-order valence-corrected chi connectivity index (χ4v) is 2.78. The second-order valence-corrected chi connectivity index (χ2v) is 6.94. The summed E-state index contributed by atoms with van der Waals surface area (Å²) in [6, 6.07) is 12.6. The first kappa shape index (κ1) is 22.6. The van der Waals surface area contributed by atoms with Gasteiger partial charge < -0.3 is 29.0 Å². The van der Waals surface area contributed by atoms with E-state index < -0.39 is 18.5 Å². The van der Waals surface area contributed by atoms with Crippen LogP contribution in [-0.2, 0) is 14.9 Å². The minimum atomic E-state index is -1.77. The van der Waals surface area contributed by atoms with Crippen molar-refractivity contribution in [3.05, 3.63) is 48.0 Å². The van der Waals surface area contributed by atoms with E-state index in [1.165, 1.54) is 14.2 Å². The summed E-state index contributed by atoms with van der Waals surface area (Å²) in [5, 5.41) is 19.2. The first-order valence-electron chi connectivity index (χ1n) is 9.28. The van der Waals surface area contributed by atoms with Crippen LogP contribution in [0.2, 0.25) is 0 Å². The molecular weight excluding hydrogens is 375 g/mol. The van der Waals surface area contributed by atoms with Gasteiger partial charge in [-0.15, -0.1) is 0 Å². The Bertz CT molecular complexity index is 781. The number of benzene rings is 2. The third-order valence-corrected chi connectivity index (χ3v) is 4.57. The summed E-state index contributed by atoms with van der Waals surface area (Å²) in [6.45, 7) is 4.09. The van der Waals surface area contributed by atoms with E-state index in [-0.39, 0.29) is 23.6 Å². The zero-order valence-corrected chi connectivity index (χ0v) is 17.2. The number of carbonyl (C=O) groups excluding carboxylic acids is 1. The molecule has 0 radical (unpaired) electrons. The minimum Gasteiger partial charge on any atom is -0.497 e. The summed E-state index contributed by atoms with van der Waals surface area (Å²) in [6.07, 6.45) is 0.555. The molecule has 0 fully saturated rings. The Morgan fingerprint density at radius 1 is 1.00 bits per heavy atom. The third kappa shape index (κ3) is 5.65. The van der Waals surface area contributed by atoms with Crippen LogP contribution in [0.5, 0.6) is 17.2 Å². The highest BCUT2D eigenvalue weighted by atomic mass is 16.5. The zero-order valence-electron chi connectivity index (χ0n) is 17.2. The van der Waals surface area contributed by atoms with Gasteiger partial charge in [-0.05, 0) is 43.7 Å². The maximum absolute atomic E-state index is 12.7. The van der Waals surface area contributed by atoms with E-state index in [4.69, 9.17) is 18.9 Å². The zero-order chi connectivity index (χ0) is 21.4. The normalized spacial score (nSPS) is 11.0. The number of methoxy groups -OCH3 is 2.